The average molecular weight is 597 g/mol. The van der Waals surface area contributed by atoms with Crippen LogP contribution in [0.15, 0.2) is 40.1 Å². The molecular formula is C24H25F5N2O6S2. The van der Waals surface area contributed by atoms with E-state index in [1.807, 2.05) is 0 Å². The fourth-order valence-electron chi connectivity index (χ4n) is 4.13. The molecule has 0 radical (unpaired) electrons. The molecule has 8 nitrogen and oxygen atoms in total. The first kappa shape index (κ1) is 29.1. The van der Waals surface area contributed by atoms with Gasteiger partial charge in [-0.05, 0) is 50.1 Å². The van der Waals surface area contributed by atoms with Gasteiger partial charge in [0.15, 0.2) is 37.4 Å². The zero-order valence-corrected chi connectivity index (χ0v) is 22.5. The number of piperazine rings is 1. The number of hydrogen-bond donors (Lipinski definition) is 0. The first-order valence-electron chi connectivity index (χ1n) is 11.9. The van der Waals surface area contributed by atoms with Crippen LogP contribution in [0.25, 0.3) is 0 Å². The number of ether oxygens (including phenoxy) is 1. The van der Waals surface area contributed by atoms with Crippen LogP contribution in [0.5, 0.6) is 5.75 Å². The number of anilines is 1. The van der Waals surface area contributed by atoms with Crippen molar-refractivity contribution in [3.8, 4) is 5.75 Å². The Bertz CT molecular complexity index is 1500. The maximum absolute atomic E-state index is 14.9. The number of rotatable bonds is 7. The highest BCUT2D eigenvalue weighted by Gasteiger charge is 2.40. The Kier molecular flexibility index (Phi) is 7.62. The molecule has 0 bridgehead atoms. The Hall–Kier alpha value is -2.94. The molecule has 4 rings (SSSR count). The van der Waals surface area contributed by atoms with Gasteiger partial charge < -0.3 is 14.5 Å². The van der Waals surface area contributed by atoms with Crippen LogP contribution in [0.3, 0.4) is 0 Å². The number of nitrogens with zero attached hydrogens (tertiary/aromatic N) is 2. The van der Waals surface area contributed by atoms with E-state index in [1.165, 1.54) is 9.80 Å². The topological polar surface area (TPSA) is 101 Å². The molecule has 1 amide bonds. The van der Waals surface area contributed by atoms with Crippen LogP contribution in [0, 0.1) is 11.6 Å². The van der Waals surface area contributed by atoms with Gasteiger partial charge in [-0.25, -0.2) is 25.6 Å². The lowest BCUT2D eigenvalue weighted by molar-refractivity contribution is -0.189. The number of carbonyl (C=O) groups is 1. The zero-order valence-electron chi connectivity index (χ0n) is 20.8. The van der Waals surface area contributed by atoms with Gasteiger partial charge in [0, 0.05) is 32.4 Å². The SMILES string of the molecule is CC(Oc1ccc(S(C)(=O)=O)cc1C(=O)N1CCN(c2ccc(S(=O)(=O)C3CC3)c(F)c2F)CC1)C(F)(F)F. The van der Waals surface area contributed by atoms with Crippen LogP contribution in [0.2, 0.25) is 0 Å². The van der Waals surface area contributed by atoms with Crippen molar-refractivity contribution in [2.24, 2.45) is 0 Å². The standard InChI is InChI=1S/C24H25F5N2O6S2/c1-14(24(27,28)29)37-19-7-5-16(38(2,33)34)13-17(19)23(32)31-11-9-30(10-12-31)18-6-8-20(22(26)21(18)25)39(35,36)15-3-4-15/h5-8,13-15H,3-4,9-12H2,1-2H3. The van der Waals surface area contributed by atoms with E-state index in [9.17, 15) is 43.6 Å². The van der Waals surface area contributed by atoms with Crippen molar-refractivity contribution < 1.29 is 48.3 Å². The molecular weight excluding hydrogens is 571 g/mol. The number of hydrogen-bond acceptors (Lipinski definition) is 7. The van der Waals surface area contributed by atoms with E-state index in [-0.39, 0.29) is 36.8 Å². The van der Waals surface area contributed by atoms with Crippen LogP contribution in [0.1, 0.15) is 30.1 Å². The summed E-state index contributed by atoms with van der Waals surface area (Å²) in [6, 6.07) is 5.13. The van der Waals surface area contributed by atoms with E-state index in [1.54, 1.807) is 0 Å². The maximum atomic E-state index is 14.9. The van der Waals surface area contributed by atoms with Crippen molar-refractivity contribution in [2.45, 2.75) is 47.1 Å². The third kappa shape index (κ3) is 5.98. The quantitative estimate of drug-likeness (QED) is 0.451. The van der Waals surface area contributed by atoms with Gasteiger partial charge in [-0.15, -0.1) is 0 Å². The van der Waals surface area contributed by atoms with E-state index in [4.69, 9.17) is 4.74 Å². The van der Waals surface area contributed by atoms with Crippen molar-refractivity contribution in [2.75, 3.05) is 37.3 Å². The van der Waals surface area contributed by atoms with E-state index < -0.39 is 71.0 Å². The van der Waals surface area contributed by atoms with Gasteiger partial charge in [0.1, 0.15) is 10.6 Å². The lowest BCUT2D eigenvalue weighted by Crippen LogP contribution is -2.49. The van der Waals surface area contributed by atoms with Gasteiger partial charge in [-0.3, -0.25) is 4.79 Å². The Morgan fingerprint density at radius 3 is 2.13 bits per heavy atom. The normalized spacial score (nSPS) is 17.7. The highest BCUT2D eigenvalue weighted by atomic mass is 32.2. The van der Waals surface area contributed by atoms with Gasteiger partial charge in [-0.2, -0.15) is 13.2 Å². The summed E-state index contributed by atoms with van der Waals surface area (Å²) in [6.45, 7) is 0.570. The smallest absolute Gasteiger partial charge is 0.425 e. The number of alkyl halides is 3. The summed E-state index contributed by atoms with van der Waals surface area (Å²) in [4.78, 5) is 14.9. The van der Waals surface area contributed by atoms with Crippen molar-refractivity contribution in [1.29, 1.82) is 0 Å². The maximum Gasteiger partial charge on any atom is 0.425 e. The van der Waals surface area contributed by atoms with Crippen molar-refractivity contribution >= 4 is 31.3 Å². The molecule has 1 atom stereocenters. The second-order valence-corrected chi connectivity index (χ2v) is 13.7. The van der Waals surface area contributed by atoms with Crippen LogP contribution in [0.4, 0.5) is 27.6 Å². The molecule has 2 fully saturated rings. The molecule has 1 saturated carbocycles. The molecule has 2 aliphatic rings. The van der Waals surface area contributed by atoms with Crippen molar-refractivity contribution in [1.82, 2.24) is 4.90 Å². The van der Waals surface area contributed by atoms with Gasteiger partial charge in [-0.1, -0.05) is 0 Å². The minimum Gasteiger partial charge on any atom is -0.480 e. The van der Waals surface area contributed by atoms with E-state index in [2.05, 4.69) is 0 Å². The predicted molar refractivity (Wildman–Crippen MR) is 130 cm³/mol. The van der Waals surface area contributed by atoms with Crippen molar-refractivity contribution in [3.05, 3.63) is 47.5 Å². The summed E-state index contributed by atoms with van der Waals surface area (Å²) in [7, 11) is -7.77. The molecule has 15 heteroatoms. The Morgan fingerprint density at radius 1 is 0.974 bits per heavy atom. The second kappa shape index (κ2) is 10.2. The molecule has 0 aromatic heterocycles. The molecule has 1 unspecified atom stereocenters. The summed E-state index contributed by atoms with van der Waals surface area (Å²) < 4.78 is 123. The first-order chi connectivity index (χ1) is 18.0. The van der Waals surface area contributed by atoms with Gasteiger partial charge in [0.05, 0.1) is 21.4 Å². The summed E-state index contributed by atoms with van der Waals surface area (Å²) in [6.07, 6.45) is -5.38. The molecule has 1 aliphatic heterocycles. The summed E-state index contributed by atoms with van der Waals surface area (Å²) in [5.74, 6) is -4.08. The molecule has 1 saturated heterocycles. The molecule has 2 aromatic carbocycles. The molecule has 0 spiro atoms. The summed E-state index contributed by atoms with van der Waals surface area (Å²) >= 11 is 0. The van der Waals surface area contributed by atoms with E-state index in [0.717, 1.165) is 43.5 Å². The van der Waals surface area contributed by atoms with Crippen LogP contribution in [-0.4, -0.2) is 77.6 Å². The predicted octanol–water partition coefficient (Wildman–Crippen LogP) is 3.60. The van der Waals surface area contributed by atoms with Crippen molar-refractivity contribution in [3.63, 3.8) is 0 Å². The number of carbonyl (C=O) groups excluding carboxylic acids is 1. The van der Waals surface area contributed by atoms with E-state index >= 15 is 0 Å². The van der Waals surface area contributed by atoms with Gasteiger partial charge in [0.25, 0.3) is 5.91 Å². The van der Waals surface area contributed by atoms with Gasteiger partial charge >= 0.3 is 6.18 Å². The molecule has 214 valence electrons. The fraction of sp³-hybridized carbons (Fsp3) is 0.458. The third-order valence-electron chi connectivity index (χ3n) is 6.58. The Morgan fingerprint density at radius 2 is 1.59 bits per heavy atom. The minimum atomic E-state index is -4.74. The number of amides is 1. The highest BCUT2D eigenvalue weighted by molar-refractivity contribution is 7.92. The highest BCUT2D eigenvalue weighted by Crippen LogP contribution is 2.37. The second-order valence-electron chi connectivity index (χ2n) is 9.47. The summed E-state index contributed by atoms with van der Waals surface area (Å²) in [5.41, 5.74) is -0.592. The molecule has 1 heterocycles. The Balaban J connectivity index is 1.55. The van der Waals surface area contributed by atoms with Gasteiger partial charge in [0.2, 0.25) is 0 Å². The molecule has 2 aromatic rings. The largest absolute Gasteiger partial charge is 0.480 e. The first-order valence-corrected chi connectivity index (χ1v) is 15.3. The number of sulfone groups is 2. The van der Waals surface area contributed by atoms with Crippen LogP contribution in [-0.2, 0) is 19.7 Å². The molecule has 1 aliphatic carbocycles. The summed E-state index contributed by atoms with van der Waals surface area (Å²) in [5, 5.41) is -0.721. The van der Waals surface area contributed by atoms with Crippen LogP contribution < -0.4 is 9.64 Å². The third-order valence-corrected chi connectivity index (χ3v) is 9.97. The molecule has 0 N–H and O–H groups in total. The average Bonchev–Trinajstić information content (AvgIpc) is 3.70. The lowest BCUT2D eigenvalue weighted by Gasteiger charge is -2.36. The Labute approximate surface area is 222 Å². The number of halogens is 5. The monoisotopic (exact) mass is 596 g/mol. The number of benzene rings is 2. The zero-order chi connectivity index (χ0) is 28.9. The minimum absolute atomic E-state index is 0.0161. The van der Waals surface area contributed by atoms with Crippen LogP contribution >= 0.6 is 0 Å². The lowest BCUT2D eigenvalue weighted by atomic mass is 10.1. The fourth-order valence-corrected chi connectivity index (χ4v) is 6.49. The molecule has 39 heavy (non-hydrogen) atoms. The van der Waals surface area contributed by atoms with E-state index in [0.29, 0.717) is 12.8 Å².